The molecule has 2 aromatic rings. The molecule has 1 N–H and O–H groups in total. The molecule has 1 fully saturated rings. The van der Waals surface area contributed by atoms with Crippen molar-refractivity contribution in [1.29, 1.82) is 0 Å². The topological polar surface area (TPSA) is 45.5 Å². The van der Waals surface area contributed by atoms with Crippen LogP contribution in [-0.4, -0.2) is 39.7 Å². The first-order chi connectivity index (χ1) is 12.0. The zero-order valence-corrected chi connectivity index (χ0v) is 14.8. The molecule has 1 unspecified atom stereocenters. The summed E-state index contributed by atoms with van der Waals surface area (Å²) in [6.07, 6.45) is 3.52. The SMILES string of the molecule is Cc1cc(C(=O)N2CCCC2CCCO)c(C)n1-c1ccccc1F. The summed E-state index contributed by atoms with van der Waals surface area (Å²) in [7, 11) is 0. The van der Waals surface area contributed by atoms with E-state index in [0.717, 1.165) is 37.2 Å². The molecular formula is C20H25FN2O2. The molecule has 3 rings (SSSR count). The van der Waals surface area contributed by atoms with E-state index < -0.39 is 0 Å². The van der Waals surface area contributed by atoms with E-state index in [1.165, 1.54) is 6.07 Å². The van der Waals surface area contributed by atoms with Crippen molar-refractivity contribution >= 4 is 5.91 Å². The Balaban J connectivity index is 1.92. The lowest BCUT2D eigenvalue weighted by atomic mass is 10.1. The second-order valence-electron chi connectivity index (χ2n) is 6.73. The molecule has 25 heavy (non-hydrogen) atoms. The van der Waals surface area contributed by atoms with Gasteiger partial charge < -0.3 is 14.6 Å². The number of rotatable bonds is 5. The van der Waals surface area contributed by atoms with Crippen molar-refractivity contribution in [2.24, 2.45) is 0 Å². The van der Waals surface area contributed by atoms with Crippen molar-refractivity contribution < 1.29 is 14.3 Å². The second-order valence-corrected chi connectivity index (χ2v) is 6.73. The van der Waals surface area contributed by atoms with E-state index >= 15 is 0 Å². The first-order valence-corrected chi connectivity index (χ1v) is 8.90. The summed E-state index contributed by atoms with van der Waals surface area (Å²) in [4.78, 5) is 15.0. The Morgan fingerprint density at radius 2 is 2.08 bits per heavy atom. The van der Waals surface area contributed by atoms with Crippen LogP contribution < -0.4 is 0 Å². The molecule has 134 valence electrons. The van der Waals surface area contributed by atoms with Crippen LogP contribution in [0.15, 0.2) is 30.3 Å². The third-order valence-electron chi connectivity index (χ3n) is 5.09. The number of likely N-dealkylation sites (tertiary alicyclic amines) is 1. The van der Waals surface area contributed by atoms with Gasteiger partial charge in [0.2, 0.25) is 0 Å². The number of aliphatic hydroxyl groups is 1. The summed E-state index contributed by atoms with van der Waals surface area (Å²) >= 11 is 0. The van der Waals surface area contributed by atoms with Gasteiger partial charge in [0.1, 0.15) is 5.82 Å². The van der Waals surface area contributed by atoms with Crippen LogP contribution in [0.4, 0.5) is 4.39 Å². The van der Waals surface area contributed by atoms with Crippen LogP contribution >= 0.6 is 0 Å². The number of halogens is 1. The lowest BCUT2D eigenvalue weighted by Gasteiger charge is -2.24. The van der Waals surface area contributed by atoms with Crippen molar-refractivity contribution in [3.63, 3.8) is 0 Å². The summed E-state index contributed by atoms with van der Waals surface area (Å²) in [6, 6.07) is 8.66. The third kappa shape index (κ3) is 3.33. The highest BCUT2D eigenvalue weighted by atomic mass is 19.1. The minimum atomic E-state index is -0.301. The highest BCUT2D eigenvalue weighted by molar-refractivity contribution is 5.96. The Labute approximate surface area is 147 Å². The lowest BCUT2D eigenvalue weighted by Crippen LogP contribution is -2.35. The highest BCUT2D eigenvalue weighted by Crippen LogP contribution is 2.28. The van der Waals surface area contributed by atoms with Crippen molar-refractivity contribution in [2.45, 2.75) is 45.6 Å². The van der Waals surface area contributed by atoms with E-state index in [-0.39, 0.29) is 24.4 Å². The number of benzene rings is 1. The quantitative estimate of drug-likeness (QED) is 0.901. The van der Waals surface area contributed by atoms with Gasteiger partial charge in [-0.2, -0.15) is 0 Å². The van der Waals surface area contributed by atoms with Gasteiger partial charge in [0, 0.05) is 30.6 Å². The average molecular weight is 344 g/mol. The number of nitrogens with zero attached hydrogens (tertiary/aromatic N) is 2. The maximum Gasteiger partial charge on any atom is 0.255 e. The van der Waals surface area contributed by atoms with E-state index in [2.05, 4.69) is 0 Å². The largest absolute Gasteiger partial charge is 0.396 e. The van der Waals surface area contributed by atoms with Crippen LogP contribution in [0, 0.1) is 19.7 Å². The summed E-state index contributed by atoms with van der Waals surface area (Å²) < 4.78 is 16.0. The van der Waals surface area contributed by atoms with Gasteiger partial charge in [-0.05, 0) is 57.7 Å². The minimum Gasteiger partial charge on any atom is -0.396 e. The molecule has 1 amide bonds. The van der Waals surface area contributed by atoms with Gasteiger partial charge in [-0.3, -0.25) is 4.79 Å². The number of hydrogen-bond acceptors (Lipinski definition) is 2. The number of hydrogen-bond donors (Lipinski definition) is 1. The minimum absolute atomic E-state index is 0.0103. The van der Waals surface area contributed by atoms with Crippen LogP contribution in [0.1, 0.15) is 47.4 Å². The molecular weight excluding hydrogens is 319 g/mol. The molecule has 1 saturated heterocycles. The molecule has 2 heterocycles. The number of aliphatic hydroxyl groups excluding tert-OH is 1. The van der Waals surface area contributed by atoms with Crippen molar-refractivity contribution in [3.8, 4) is 5.69 Å². The fourth-order valence-electron chi connectivity index (χ4n) is 3.87. The predicted octanol–water partition coefficient (Wildman–Crippen LogP) is 3.61. The number of para-hydroxylation sites is 1. The molecule has 0 aliphatic carbocycles. The molecule has 0 saturated carbocycles. The monoisotopic (exact) mass is 344 g/mol. The Hall–Kier alpha value is -2.14. The van der Waals surface area contributed by atoms with Crippen LogP contribution in [0.5, 0.6) is 0 Å². The van der Waals surface area contributed by atoms with Crippen LogP contribution in [0.25, 0.3) is 5.69 Å². The summed E-state index contributed by atoms with van der Waals surface area (Å²) in [5.74, 6) is -0.290. The maximum absolute atomic E-state index is 14.2. The van der Waals surface area contributed by atoms with E-state index in [1.807, 2.05) is 24.8 Å². The molecule has 0 bridgehead atoms. The fraction of sp³-hybridized carbons (Fsp3) is 0.450. The molecule has 5 heteroatoms. The van der Waals surface area contributed by atoms with Gasteiger partial charge in [0.25, 0.3) is 5.91 Å². The van der Waals surface area contributed by atoms with Crippen molar-refractivity contribution in [3.05, 3.63) is 53.1 Å². The molecule has 1 aliphatic rings. The van der Waals surface area contributed by atoms with E-state index in [9.17, 15) is 9.18 Å². The molecule has 4 nitrogen and oxygen atoms in total. The van der Waals surface area contributed by atoms with Gasteiger partial charge >= 0.3 is 0 Å². The molecule has 1 aliphatic heterocycles. The Bertz CT molecular complexity index is 769. The van der Waals surface area contributed by atoms with Gasteiger partial charge in [-0.1, -0.05) is 12.1 Å². The molecule has 1 atom stereocenters. The van der Waals surface area contributed by atoms with E-state index in [1.54, 1.807) is 22.8 Å². The smallest absolute Gasteiger partial charge is 0.255 e. The molecule has 0 spiro atoms. The first-order valence-electron chi connectivity index (χ1n) is 8.90. The van der Waals surface area contributed by atoms with Crippen LogP contribution in [0.3, 0.4) is 0 Å². The van der Waals surface area contributed by atoms with Gasteiger partial charge in [-0.15, -0.1) is 0 Å². The van der Waals surface area contributed by atoms with Crippen LogP contribution in [-0.2, 0) is 0 Å². The normalized spacial score (nSPS) is 17.3. The summed E-state index contributed by atoms with van der Waals surface area (Å²) in [6.45, 7) is 4.66. The van der Waals surface area contributed by atoms with Gasteiger partial charge in [0.05, 0.1) is 11.3 Å². The Morgan fingerprint density at radius 3 is 2.80 bits per heavy atom. The fourth-order valence-corrected chi connectivity index (χ4v) is 3.87. The zero-order chi connectivity index (χ0) is 18.0. The molecule has 1 aromatic heterocycles. The average Bonchev–Trinajstić information content (AvgIpc) is 3.18. The Morgan fingerprint density at radius 1 is 1.32 bits per heavy atom. The second kappa shape index (κ2) is 7.40. The standard InChI is InChI=1S/C20H25FN2O2/c1-14-13-17(15(2)23(14)19-10-4-3-9-18(19)21)20(25)22-11-5-7-16(22)8-6-12-24/h3-4,9-10,13,16,24H,5-8,11-12H2,1-2H3. The third-order valence-corrected chi connectivity index (χ3v) is 5.09. The van der Waals surface area contributed by atoms with Crippen molar-refractivity contribution in [2.75, 3.05) is 13.2 Å². The lowest BCUT2D eigenvalue weighted by molar-refractivity contribution is 0.0723. The summed E-state index contributed by atoms with van der Waals surface area (Å²) in [5.41, 5.74) is 2.71. The number of aryl methyl sites for hydroxylation is 1. The maximum atomic E-state index is 14.2. The number of amides is 1. The van der Waals surface area contributed by atoms with Crippen molar-refractivity contribution in [1.82, 2.24) is 9.47 Å². The van der Waals surface area contributed by atoms with Gasteiger partial charge in [-0.25, -0.2) is 4.39 Å². The molecule has 0 radical (unpaired) electrons. The van der Waals surface area contributed by atoms with Gasteiger partial charge in [0.15, 0.2) is 0 Å². The summed E-state index contributed by atoms with van der Waals surface area (Å²) in [5, 5.41) is 9.06. The highest BCUT2D eigenvalue weighted by Gasteiger charge is 2.31. The Kier molecular flexibility index (Phi) is 5.23. The predicted molar refractivity (Wildman–Crippen MR) is 95.6 cm³/mol. The van der Waals surface area contributed by atoms with E-state index in [0.29, 0.717) is 17.7 Å². The number of carbonyl (C=O) groups is 1. The molecule has 1 aromatic carbocycles. The van der Waals surface area contributed by atoms with E-state index in [4.69, 9.17) is 5.11 Å². The number of aromatic nitrogens is 1. The zero-order valence-electron chi connectivity index (χ0n) is 14.8. The number of carbonyl (C=O) groups excluding carboxylic acids is 1. The van der Waals surface area contributed by atoms with Crippen LogP contribution in [0.2, 0.25) is 0 Å². The first kappa shape index (κ1) is 17.7.